The van der Waals surface area contributed by atoms with Crippen LogP contribution < -0.4 is 9.64 Å². The third-order valence-electron chi connectivity index (χ3n) is 6.48. The van der Waals surface area contributed by atoms with Gasteiger partial charge in [0.1, 0.15) is 5.75 Å². The predicted molar refractivity (Wildman–Crippen MR) is 136 cm³/mol. The van der Waals surface area contributed by atoms with E-state index >= 15 is 0 Å². The van der Waals surface area contributed by atoms with Crippen LogP contribution in [0.5, 0.6) is 5.75 Å². The average Bonchev–Trinajstić information content (AvgIpc) is 2.83. The Bertz CT molecular complexity index is 1380. The minimum absolute atomic E-state index is 0.0144. The molecule has 1 heterocycles. The predicted octanol–water partition coefficient (Wildman–Crippen LogP) is 7.55. The first kappa shape index (κ1) is 26.8. The molecule has 10 heteroatoms. The number of hydrogen-bond acceptors (Lipinski definition) is 3. The van der Waals surface area contributed by atoms with Crippen molar-refractivity contribution in [1.82, 2.24) is 0 Å². The Morgan fingerprint density at radius 1 is 1.05 bits per heavy atom. The maximum absolute atomic E-state index is 14.4. The molecule has 0 radical (unpaired) electrons. The number of anilines is 1. The van der Waals surface area contributed by atoms with Crippen LogP contribution >= 0.6 is 23.2 Å². The number of carboxylic acid groups (broad SMARTS) is 1. The number of fused-ring (bicyclic) bond motifs is 1. The van der Waals surface area contributed by atoms with E-state index in [-0.39, 0.29) is 39.2 Å². The highest BCUT2D eigenvalue weighted by Crippen LogP contribution is 2.48. The van der Waals surface area contributed by atoms with Crippen molar-refractivity contribution < 1.29 is 32.6 Å². The second-order valence-corrected chi connectivity index (χ2v) is 9.51. The Labute approximate surface area is 221 Å². The summed E-state index contributed by atoms with van der Waals surface area (Å²) in [4.78, 5) is 25.0. The monoisotopic (exact) mass is 551 g/mol. The lowest BCUT2D eigenvalue weighted by Crippen LogP contribution is -2.38. The third-order valence-corrected chi connectivity index (χ3v) is 7.13. The van der Waals surface area contributed by atoms with Crippen LogP contribution in [0.15, 0.2) is 54.6 Å². The van der Waals surface area contributed by atoms with Crippen molar-refractivity contribution in [3.05, 3.63) is 81.3 Å². The average molecular weight is 552 g/mol. The van der Waals surface area contributed by atoms with Crippen molar-refractivity contribution in [2.24, 2.45) is 0 Å². The van der Waals surface area contributed by atoms with Gasteiger partial charge in [-0.1, -0.05) is 54.4 Å². The second-order valence-electron chi connectivity index (χ2n) is 8.70. The van der Waals surface area contributed by atoms with Crippen LogP contribution in [-0.2, 0) is 4.79 Å². The number of ether oxygens (including phenoxy) is 1. The van der Waals surface area contributed by atoms with Gasteiger partial charge in [0.2, 0.25) is 0 Å². The van der Waals surface area contributed by atoms with Gasteiger partial charge in [0.25, 0.3) is 5.91 Å². The summed E-state index contributed by atoms with van der Waals surface area (Å²) in [6.45, 7) is 3.32. The maximum atomic E-state index is 14.4. The number of likely N-dealkylation sites (N-methyl/N-ethyl adjacent to an activating group) is 1. The molecule has 4 rings (SSSR count). The maximum Gasteiger partial charge on any atom is 0.396 e. The fourth-order valence-electron chi connectivity index (χ4n) is 4.64. The van der Waals surface area contributed by atoms with Gasteiger partial charge >= 0.3 is 12.1 Å². The fraction of sp³-hybridized carbons (Fsp3) is 0.259. The SMILES string of the molecule is CCN1C(=O)COc2ccc(C(C(C)c3ccc(-c4ccc(Cl)c(C(=O)O)c4)cc3Cl)C(F)(F)F)cc21. The first-order valence-corrected chi connectivity index (χ1v) is 12.1. The Balaban J connectivity index is 1.73. The molecule has 3 aromatic rings. The number of rotatable bonds is 6. The molecule has 0 fully saturated rings. The summed E-state index contributed by atoms with van der Waals surface area (Å²) in [5.41, 5.74) is 1.51. The summed E-state index contributed by atoms with van der Waals surface area (Å²) in [6.07, 6.45) is -4.61. The van der Waals surface area contributed by atoms with Crippen LogP contribution in [-0.4, -0.2) is 36.3 Å². The van der Waals surface area contributed by atoms with E-state index in [0.29, 0.717) is 29.1 Å². The summed E-state index contributed by atoms with van der Waals surface area (Å²) in [5, 5.41) is 9.51. The fourth-order valence-corrected chi connectivity index (χ4v) is 5.20. The zero-order valence-electron chi connectivity index (χ0n) is 19.8. The van der Waals surface area contributed by atoms with Crippen molar-refractivity contribution in [2.75, 3.05) is 18.1 Å². The number of halogens is 5. The van der Waals surface area contributed by atoms with Gasteiger partial charge in [0, 0.05) is 11.6 Å². The topological polar surface area (TPSA) is 66.8 Å². The standard InChI is InChI=1S/C27H22Cl2F3NO4/c1-3-33-22-12-17(6-9-23(22)37-13-24(33)34)25(27(30,31)32)14(2)18-7-4-16(11-21(18)29)15-5-8-20(28)19(10-15)26(35)36/h4-12,14,25H,3,13H2,1-2H3,(H,35,36). The van der Waals surface area contributed by atoms with Crippen LogP contribution in [0.4, 0.5) is 18.9 Å². The summed E-state index contributed by atoms with van der Waals surface area (Å²) < 4.78 is 48.7. The number of benzene rings is 3. The smallest absolute Gasteiger partial charge is 0.396 e. The van der Waals surface area contributed by atoms with E-state index in [9.17, 15) is 27.9 Å². The van der Waals surface area contributed by atoms with Crippen LogP contribution in [0.1, 0.15) is 47.2 Å². The van der Waals surface area contributed by atoms with Gasteiger partial charge in [-0.25, -0.2) is 4.79 Å². The van der Waals surface area contributed by atoms with E-state index in [4.69, 9.17) is 27.9 Å². The van der Waals surface area contributed by atoms with Gasteiger partial charge in [0.05, 0.1) is 22.2 Å². The minimum Gasteiger partial charge on any atom is -0.482 e. The van der Waals surface area contributed by atoms with Crippen molar-refractivity contribution in [2.45, 2.75) is 31.9 Å². The molecule has 0 bridgehead atoms. The number of nitrogens with zero attached hydrogens (tertiary/aromatic N) is 1. The second kappa shape index (κ2) is 10.3. The first-order valence-electron chi connectivity index (χ1n) is 11.4. The van der Waals surface area contributed by atoms with Gasteiger partial charge in [0.15, 0.2) is 6.61 Å². The number of carbonyl (C=O) groups excluding carboxylic acids is 1. The molecule has 1 amide bonds. The normalized spacial score (nSPS) is 15.1. The van der Waals surface area contributed by atoms with E-state index in [0.717, 1.165) is 0 Å². The minimum atomic E-state index is -4.61. The number of amides is 1. The summed E-state index contributed by atoms with van der Waals surface area (Å²) in [5.74, 6) is -4.16. The highest BCUT2D eigenvalue weighted by Gasteiger charge is 2.45. The Morgan fingerprint density at radius 2 is 1.73 bits per heavy atom. The molecule has 37 heavy (non-hydrogen) atoms. The number of alkyl halides is 3. The molecular formula is C27H22Cl2F3NO4. The first-order chi connectivity index (χ1) is 17.4. The van der Waals surface area contributed by atoms with Crippen molar-refractivity contribution >= 4 is 40.8 Å². The zero-order chi connectivity index (χ0) is 27.1. The quantitative estimate of drug-likeness (QED) is 0.343. The Kier molecular flexibility index (Phi) is 7.44. The van der Waals surface area contributed by atoms with Gasteiger partial charge in [-0.05, 0) is 65.4 Å². The number of hydrogen-bond donors (Lipinski definition) is 1. The molecule has 0 aliphatic carbocycles. The molecule has 194 valence electrons. The Hall–Kier alpha value is -3.23. The summed E-state index contributed by atoms with van der Waals surface area (Å²) in [7, 11) is 0. The third kappa shape index (κ3) is 5.26. The summed E-state index contributed by atoms with van der Waals surface area (Å²) >= 11 is 12.4. The van der Waals surface area contributed by atoms with E-state index in [2.05, 4.69) is 0 Å². The molecule has 1 aliphatic rings. The summed E-state index contributed by atoms with van der Waals surface area (Å²) in [6, 6.07) is 13.2. The van der Waals surface area contributed by atoms with E-state index in [1.54, 1.807) is 19.1 Å². The Morgan fingerprint density at radius 3 is 2.35 bits per heavy atom. The highest BCUT2D eigenvalue weighted by molar-refractivity contribution is 6.33. The van der Waals surface area contributed by atoms with Crippen LogP contribution in [0.3, 0.4) is 0 Å². The van der Waals surface area contributed by atoms with Gasteiger partial charge in [-0.2, -0.15) is 13.2 Å². The molecule has 0 saturated heterocycles. The molecule has 2 atom stereocenters. The molecule has 2 unspecified atom stereocenters. The lowest BCUT2D eigenvalue weighted by molar-refractivity contribution is -0.154. The molecular weight excluding hydrogens is 530 g/mol. The van der Waals surface area contributed by atoms with E-state index in [1.807, 2.05) is 0 Å². The van der Waals surface area contributed by atoms with Crippen molar-refractivity contribution in [1.29, 1.82) is 0 Å². The molecule has 0 saturated carbocycles. The van der Waals surface area contributed by atoms with Crippen LogP contribution in [0.25, 0.3) is 11.1 Å². The highest BCUT2D eigenvalue weighted by atomic mass is 35.5. The zero-order valence-corrected chi connectivity index (χ0v) is 21.3. The molecule has 1 N–H and O–H groups in total. The van der Waals surface area contributed by atoms with Gasteiger partial charge < -0.3 is 14.7 Å². The lowest BCUT2D eigenvalue weighted by Gasteiger charge is -2.32. The molecule has 1 aliphatic heterocycles. The van der Waals surface area contributed by atoms with Crippen molar-refractivity contribution in [3.63, 3.8) is 0 Å². The molecule has 5 nitrogen and oxygen atoms in total. The number of carbonyl (C=O) groups is 2. The van der Waals surface area contributed by atoms with Crippen molar-refractivity contribution in [3.8, 4) is 16.9 Å². The van der Waals surface area contributed by atoms with E-state index < -0.39 is 24.0 Å². The van der Waals surface area contributed by atoms with Crippen LogP contribution in [0.2, 0.25) is 10.0 Å². The molecule has 3 aromatic carbocycles. The largest absolute Gasteiger partial charge is 0.482 e. The molecule has 0 aromatic heterocycles. The number of aromatic carboxylic acids is 1. The van der Waals surface area contributed by atoms with Gasteiger partial charge in [-0.3, -0.25) is 4.79 Å². The molecule has 0 spiro atoms. The number of carboxylic acids is 1. The lowest BCUT2D eigenvalue weighted by atomic mass is 9.81. The van der Waals surface area contributed by atoms with E-state index in [1.165, 1.54) is 54.3 Å². The van der Waals surface area contributed by atoms with Gasteiger partial charge in [-0.15, -0.1) is 0 Å². The van der Waals surface area contributed by atoms with Crippen LogP contribution in [0, 0.1) is 0 Å².